The lowest BCUT2D eigenvalue weighted by molar-refractivity contribution is -0.138. The first-order valence-corrected chi connectivity index (χ1v) is 8.79. The van der Waals surface area contributed by atoms with E-state index < -0.39 is 17.9 Å². The van der Waals surface area contributed by atoms with Crippen LogP contribution >= 0.6 is 11.3 Å². The number of benzene rings is 1. The van der Waals surface area contributed by atoms with E-state index in [2.05, 4.69) is 10.6 Å². The van der Waals surface area contributed by atoms with Gasteiger partial charge in [0.05, 0.1) is 0 Å². The topological polar surface area (TPSA) is 95.5 Å². The van der Waals surface area contributed by atoms with E-state index in [9.17, 15) is 14.4 Å². The van der Waals surface area contributed by atoms with Crippen molar-refractivity contribution in [3.05, 3.63) is 52.2 Å². The number of carboxylic acid groups (broad SMARTS) is 1. The van der Waals surface area contributed by atoms with E-state index >= 15 is 0 Å². The number of rotatable bonds is 8. The second-order valence-corrected chi connectivity index (χ2v) is 6.63. The predicted octanol–water partition coefficient (Wildman–Crippen LogP) is 2.91. The molecule has 7 heteroatoms. The van der Waals surface area contributed by atoms with Crippen LogP contribution in [0.2, 0.25) is 0 Å². The van der Waals surface area contributed by atoms with Gasteiger partial charge in [-0.05, 0) is 49.4 Å². The second kappa shape index (κ2) is 8.98. The van der Waals surface area contributed by atoms with Gasteiger partial charge in [0.2, 0.25) is 5.91 Å². The van der Waals surface area contributed by atoms with Gasteiger partial charge in [0, 0.05) is 22.5 Å². The smallest absolute Gasteiger partial charge is 0.325 e. The number of aryl methyl sites for hydroxylation is 1. The van der Waals surface area contributed by atoms with Crippen LogP contribution in [0.3, 0.4) is 0 Å². The highest BCUT2D eigenvalue weighted by molar-refractivity contribution is 7.09. The van der Waals surface area contributed by atoms with Crippen LogP contribution in [0.1, 0.15) is 35.0 Å². The number of carbonyl (C=O) groups is 3. The first kappa shape index (κ1) is 18.7. The summed E-state index contributed by atoms with van der Waals surface area (Å²) in [4.78, 5) is 36.1. The molecule has 0 saturated heterocycles. The summed E-state index contributed by atoms with van der Waals surface area (Å²) < 4.78 is 0. The molecule has 3 N–H and O–H groups in total. The highest BCUT2D eigenvalue weighted by Gasteiger charge is 2.15. The summed E-state index contributed by atoms with van der Waals surface area (Å²) in [5, 5.41) is 16.0. The molecule has 0 saturated carbocycles. The van der Waals surface area contributed by atoms with Gasteiger partial charge in [-0.2, -0.15) is 0 Å². The Morgan fingerprint density at radius 1 is 1.20 bits per heavy atom. The highest BCUT2D eigenvalue weighted by Crippen LogP contribution is 2.14. The van der Waals surface area contributed by atoms with E-state index in [1.807, 2.05) is 17.5 Å². The van der Waals surface area contributed by atoms with Gasteiger partial charge in [-0.3, -0.25) is 14.4 Å². The normalized spacial score (nSPS) is 11.6. The Labute approximate surface area is 149 Å². The lowest BCUT2D eigenvalue weighted by Gasteiger charge is -2.10. The predicted molar refractivity (Wildman–Crippen MR) is 96.9 cm³/mol. The zero-order valence-corrected chi connectivity index (χ0v) is 14.6. The summed E-state index contributed by atoms with van der Waals surface area (Å²) >= 11 is 1.67. The lowest BCUT2D eigenvalue weighted by atomic mass is 10.1. The average molecular weight is 360 g/mol. The van der Waals surface area contributed by atoms with Crippen LogP contribution in [-0.4, -0.2) is 28.9 Å². The first-order valence-electron chi connectivity index (χ1n) is 7.91. The van der Waals surface area contributed by atoms with E-state index in [4.69, 9.17) is 5.11 Å². The van der Waals surface area contributed by atoms with Gasteiger partial charge in [0.1, 0.15) is 6.04 Å². The fourth-order valence-corrected chi connectivity index (χ4v) is 2.93. The van der Waals surface area contributed by atoms with E-state index in [0.717, 1.165) is 12.8 Å². The van der Waals surface area contributed by atoms with Gasteiger partial charge in [-0.15, -0.1) is 11.3 Å². The van der Waals surface area contributed by atoms with E-state index in [1.54, 1.807) is 29.5 Å². The Kier molecular flexibility index (Phi) is 6.71. The Hall–Kier alpha value is -2.67. The molecule has 0 radical (unpaired) electrons. The number of thiophene rings is 1. The molecule has 2 aromatic rings. The van der Waals surface area contributed by atoms with Gasteiger partial charge in [0.15, 0.2) is 0 Å². The van der Waals surface area contributed by atoms with E-state index in [0.29, 0.717) is 17.7 Å². The largest absolute Gasteiger partial charge is 0.480 e. The summed E-state index contributed by atoms with van der Waals surface area (Å²) in [5.41, 5.74) is 0.807. The molecule has 0 unspecified atom stereocenters. The minimum absolute atomic E-state index is 0.118. The molecule has 2 rings (SSSR count). The fourth-order valence-electron chi connectivity index (χ4n) is 2.18. The summed E-state index contributed by atoms with van der Waals surface area (Å²) in [6, 6.07) is 9.47. The lowest BCUT2D eigenvalue weighted by Crippen LogP contribution is -2.38. The van der Waals surface area contributed by atoms with Gasteiger partial charge < -0.3 is 15.7 Å². The molecule has 0 aliphatic heterocycles. The van der Waals surface area contributed by atoms with Crippen molar-refractivity contribution in [2.24, 2.45) is 0 Å². The Morgan fingerprint density at radius 3 is 2.68 bits per heavy atom. The molecule has 2 amide bonds. The zero-order chi connectivity index (χ0) is 18.2. The monoisotopic (exact) mass is 360 g/mol. The van der Waals surface area contributed by atoms with Gasteiger partial charge in [-0.25, -0.2) is 0 Å². The van der Waals surface area contributed by atoms with Gasteiger partial charge >= 0.3 is 5.97 Å². The number of hydrogen-bond donors (Lipinski definition) is 3. The molecule has 1 aromatic heterocycles. The molecule has 0 aliphatic rings. The zero-order valence-electron chi connectivity index (χ0n) is 13.8. The third-order valence-corrected chi connectivity index (χ3v) is 4.47. The van der Waals surface area contributed by atoms with Gasteiger partial charge in [-0.1, -0.05) is 12.1 Å². The van der Waals surface area contributed by atoms with Crippen LogP contribution in [0.15, 0.2) is 41.8 Å². The summed E-state index contributed by atoms with van der Waals surface area (Å²) in [6.07, 6.45) is 2.01. The molecular weight excluding hydrogens is 340 g/mol. The number of nitrogens with one attached hydrogen (secondary N) is 2. The quantitative estimate of drug-likeness (QED) is 0.674. The maximum absolute atomic E-state index is 12.0. The number of hydrogen-bond acceptors (Lipinski definition) is 4. The minimum atomic E-state index is -1.11. The molecule has 0 fully saturated rings. The molecule has 25 heavy (non-hydrogen) atoms. The van der Waals surface area contributed by atoms with Gasteiger partial charge in [0.25, 0.3) is 5.91 Å². The third kappa shape index (κ3) is 6.04. The van der Waals surface area contributed by atoms with Crippen molar-refractivity contribution in [2.45, 2.75) is 32.2 Å². The fraction of sp³-hybridized carbons (Fsp3) is 0.278. The Morgan fingerprint density at radius 2 is 2.00 bits per heavy atom. The number of aliphatic carboxylic acids is 1. The number of anilines is 1. The SMILES string of the molecule is C[C@H](NC(=O)c1cccc(NC(=O)CCCc2cccs2)c1)C(=O)O. The average Bonchev–Trinajstić information content (AvgIpc) is 3.08. The van der Waals surface area contributed by atoms with Crippen LogP contribution < -0.4 is 10.6 Å². The van der Waals surface area contributed by atoms with Crippen LogP contribution in [0, 0.1) is 0 Å². The van der Waals surface area contributed by atoms with Crippen molar-refractivity contribution < 1.29 is 19.5 Å². The molecule has 1 heterocycles. The van der Waals surface area contributed by atoms with E-state index in [1.165, 1.54) is 17.9 Å². The summed E-state index contributed by atoms with van der Waals surface area (Å²) in [7, 11) is 0. The molecule has 0 spiro atoms. The maximum Gasteiger partial charge on any atom is 0.325 e. The second-order valence-electron chi connectivity index (χ2n) is 5.60. The minimum Gasteiger partial charge on any atom is -0.480 e. The molecule has 6 nitrogen and oxygen atoms in total. The first-order chi connectivity index (χ1) is 12.0. The van der Waals surface area contributed by atoms with Crippen molar-refractivity contribution in [1.29, 1.82) is 0 Å². The Bertz CT molecular complexity index is 743. The molecule has 132 valence electrons. The third-order valence-electron chi connectivity index (χ3n) is 3.53. The molecule has 1 atom stereocenters. The van der Waals surface area contributed by atoms with Crippen molar-refractivity contribution in [1.82, 2.24) is 5.32 Å². The van der Waals surface area contributed by atoms with Crippen molar-refractivity contribution in [3.8, 4) is 0 Å². The number of amides is 2. The molecule has 0 aliphatic carbocycles. The number of carboxylic acids is 1. The number of carbonyl (C=O) groups excluding carboxylic acids is 2. The Balaban J connectivity index is 1.86. The van der Waals surface area contributed by atoms with E-state index in [-0.39, 0.29) is 5.91 Å². The van der Waals surface area contributed by atoms with Crippen molar-refractivity contribution >= 4 is 34.8 Å². The van der Waals surface area contributed by atoms with Crippen LogP contribution in [0.25, 0.3) is 0 Å². The van der Waals surface area contributed by atoms with Crippen LogP contribution in [0.4, 0.5) is 5.69 Å². The molecule has 1 aromatic carbocycles. The molecule has 0 bridgehead atoms. The summed E-state index contributed by atoms with van der Waals surface area (Å²) in [6.45, 7) is 1.39. The summed E-state index contributed by atoms with van der Waals surface area (Å²) in [5.74, 6) is -1.72. The molecular formula is C18H20N2O4S. The van der Waals surface area contributed by atoms with Crippen molar-refractivity contribution in [3.63, 3.8) is 0 Å². The highest BCUT2D eigenvalue weighted by atomic mass is 32.1. The van der Waals surface area contributed by atoms with Crippen LogP contribution in [-0.2, 0) is 16.0 Å². The standard InChI is InChI=1S/C18H20N2O4S/c1-12(18(23)24)19-17(22)13-5-2-6-14(11-13)20-16(21)9-3-7-15-8-4-10-25-15/h2,4-6,8,10-12H,3,7,9H2,1H3,(H,19,22)(H,20,21)(H,23,24)/t12-/m0/s1. The maximum atomic E-state index is 12.0. The van der Waals surface area contributed by atoms with Crippen LogP contribution in [0.5, 0.6) is 0 Å². The van der Waals surface area contributed by atoms with Crippen molar-refractivity contribution in [2.75, 3.05) is 5.32 Å².